The van der Waals surface area contributed by atoms with Crippen molar-refractivity contribution in [2.75, 3.05) is 6.54 Å². The Kier molecular flexibility index (Phi) is 5.88. The van der Waals surface area contributed by atoms with Crippen LogP contribution in [0.25, 0.3) is 0 Å². The van der Waals surface area contributed by atoms with Crippen LogP contribution < -0.4 is 16.4 Å². The van der Waals surface area contributed by atoms with Crippen LogP contribution in [0.3, 0.4) is 0 Å². The summed E-state index contributed by atoms with van der Waals surface area (Å²) < 4.78 is 0. The molecule has 0 bridgehead atoms. The van der Waals surface area contributed by atoms with Crippen LogP contribution in [0.15, 0.2) is 60.7 Å². The Bertz CT molecular complexity index is 644. The van der Waals surface area contributed by atoms with Crippen molar-refractivity contribution in [2.24, 2.45) is 5.73 Å². The van der Waals surface area contributed by atoms with Crippen molar-refractivity contribution in [3.63, 3.8) is 0 Å². The van der Waals surface area contributed by atoms with Crippen LogP contribution in [-0.4, -0.2) is 18.5 Å². The fourth-order valence-corrected chi connectivity index (χ4v) is 2.51. The highest BCUT2D eigenvalue weighted by Gasteiger charge is 2.25. The topological polar surface area (TPSA) is 88.8 Å². The molecule has 3 amide bonds. The van der Waals surface area contributed by atoms with Gasteiger partial charge in [0.1, 0.15) is 0 Å². The van der Waals surface area contributed by atoms with Crippen molar-refractivity contribution < 1.29 is 14.9 Å². The van der Waals surface area contributed by atoms with E-state index in [0.717, 1.165) is 12.1 Å². The molecule has 2 aromatic rings. The molecular weight excluding hydrogens is 290 g/mol. The average molecular weight is 312 g/mol. The first kappa shape index (κ1) is 16.7. The van der Waals surface area contributed by atoms with Gasteiger partial charge in [-0.05, 0) is 5.56 Å². The molecule has 0 spiro atoms. The lowest BCUT2D eigenvalue weighted by atomic mass is 10.00. The van der Waals surface area contributed by atoms with E-state index in [1.165, 1.54) is 5.56 Å². The lowest BCUT2D eigenvalue weighted by Gasteiger charge is -2.17. The maximum atomic E-state index is 12.3. The van der Waals surface area contributed by atoms with Crippen LogP contribution in [0.2, 0.25) is 0 Å². The van der Waals surface area contributed by atoms with Crippen LogP contribution in [0.4, 0.5) is 4.79 Å². The average Bonchev–Trinajstić information content (AvgIpc) is 2.56. The summed E-state index contributed by atoms with van der Waals surface area (Å²) in [5, 5.41) is 4.11. The van der Waals surface area contributed by atoms with E-state index in [9.17, 15) is 9.59 Å². The number of hydrogen-bond donors (Lipinski definition) is 3. The second-order valence-corrected chi connectivity index (χ2v) is 5.52. The van der Waals surface area contributed by atoms with Crippen LogP contribution in [-0.2, 0) is 4.79 Å². The fourth-order valence-electron chi connectivity index (χ4n) is 2.51. The molecule has 0 aliphatic heterocycles. The molecule has 0 aliphatic rings. The van der Waals surface area contributed by atoms with Crippen LogP contribution in [0.5, 0.6) is 0 Å². The van der Waals surface area contributed by atoms with Gasteiger partial charge in [-0.15, -0.1) is 0 Å². The number of quaternary nitrogens is 1. The number of carbonyl (C=O) groups is 2. The SMILES string of the molecule is C[C@H](C[NH2+][C@H](C(=O)NC(N)=O)c1ccccc1)c1ccccc1. The van der Waals surface area contributed by atoms with E-state index in [2.05, 4.69) is 24.4 Å². The zero-order chi connectivity index (χ0) is 16.7. The Labute approximate surface area is 135 Å². The molecule has 0 aromatic heterocycles. The minimum absolute atomic E-state index is 0.281. The maximum absolute atomic E-state index is 12.3. The summed E-state index contributed by atoms with van der Waals surface area (Å²) in [5.41, 5.74) is 7.12. The summed E-state index contributed by atoms with van der Waals surface area (Å²) in [6.45, 7) is 2.83. The van der Waals surface area contributed by atoms with E-state index in [0.29, 0.717) is 0 Å². The van der Waals surface area contributed by atoms with Crippen molar-refractivity contribution in [1.29, 1.82) is 0 Å². The number of nitrogens with two attached hydrogens (primary N) is 2. The summed E-state index contributed by atoms with van der Waals surface area (Å²) in [5.74, 6) is -0.118. The van der Waals surface area contributed by atoms with Gasteiger partial charge in [-0.2, -0.15) is 0 Å². The first-order valence-electron chi connectivity index (χ1n) is 7.61. The lowest BCUT2D eigenvalue weighted by Crippen LogP contribution is -2.88. The predicted octanol–water partition coefficient (Wildman–Crippen LogP) is 1.29. The van der Waals surface area contributed by atoms with Gasteiger partial charge in [-0.25, -0.2) is 4.79 Å². The number of hydrogen-bond acceptors (Lipinski definition) is 2. The van der Waals surface area contributed by atoms with Crippen LogP contribution >= 0.6 is 0 Å². The van der Waals surface area contributed by atoms with E-state index < -0.39 is 18.0 Å². The Hall–Kier alpha value is -2.66. The summed E-state index contributed by atoms with van der Waals surface area (Å²) >= 11 is 0. The molecule has 0 unspecified atom stereocenters. The predicted molar refractivity (Wildman–Crippen MR) is 88.6 cm³/mol. The Balaban J connectivity index is 2.09. The first-order valence-corrected chi connectivity index (χ1v) is 7.61. The van der Waals surface area contributed by atoms with E-state index in [1.807, 2.05) is 53.8 Å². The van der Waals surface area contributed by atoms with Gasteiger partial charge in [-0.3, -0.25) is 10.1 Å². The van der Waals surface area contributed by atoms with Gasteiger partial charge >= 0.3 is 6.03 Å². The van der Waals surface area contributed by atoms with E-state index >= 15 is 0 Å². The Morgan fingerprint density at radius 2 is 1.52 bits per heavy atom. The Morgan fingerprint density at radius 1 is 1.00 bits per heavy atom. The van der Waals surface area contributed by atoms with E-state index in [-0.39, 0.29) is 5.92 Å². The first-order chi connectivity index (χ1) is 11.1. The highest BCUT2D eigenvalue weighted by atomic mass is 16.2. The normalized spacial score (nSPS) is 13.1. The summed E-state index contributed by atoms with van der Waals surface area (Å²) in [6, 6.07) is 18.1. The molecule has 0 radical (unpaired) electrons. The summed E-state index contributed by atoms with van der Waals surface area (Å²) in [6.07, 6.45) is 0. The molecule has 0 fully saturated rings. The second-order valence-electron chi connectivity index (χ2n) is 5.52. The maximum Gasteiger partial charge on any atom is 0.319 e. The van der Waals surface area contributed by atoms with Gasteiger partial charge in [0, 0.05) is 11.5 Å². The molecule has 0 saturated heterocycles. The third-order valence-electron chi connectivity index (χ3n) is 3.78. The van der Waals surface area contributed by atoms with Gasteiger partial charge in [0.05, 0.1) is 6.54 Å². The molecule has 2 rings (SSSR count). The number of carbonyl (C=O) groups excluding carboxylic acids is 2. The van der Waals surface area contributed by atoms with Gasteiger partial charge < -0.3 is 11.1 Å². The Morgan fingerprint density at radius 3 is 2.04 bits per heavy atom. The van der Waals surface area contributed by atoms with Crippen molar-refractivity contribution in [1.82, 2.24) is 5.32 Å². The van der Waals surface area contributed by atoms with Crippen LogP contribution in [0, 0.1) is 0 Å². The molecule has 120 valence electrons. The minimum atomic E-state index is -0.833. The van der Waals surface area contributed by atoms with Gasteiger partial charge in [0.15, 0.2) is 6.04 Å². The number of primary amides is 1. The monoisotopic (exact) mass is 312 g/mol. The zero-order valence-electron chi connectivity index (χ0n) is 13.1. The van der Waals surface area contributed by atoms with Crippen molar-refractivity contribution >= 4 is 11.9 Å². The highest BCUT2D eigenvalue weighted by Crippen LogP contribution is 2.13. The third kappa shape index (κ3) is 4.93. The standard InChI is InChI=1S/C18H21N3O2/c1-13(14-8-4-2-5-9-14)12-20-16(17(22)21-18(19)23)15-10-6-3-7-11-15/h2-11,13,16,20H,12H2,1H3,(H3,19,21,22,23)/p+1/t13-,16+/m1/s1. The zero-order valence-corrected chi connectivity index (χ0v) is 13.1. The molecule has 5 N–H and O–H groups in total. The van der Waals surface area contributed by atoms with E-state index in [4.69, 9.17) is 5.73 Å². The quantitative estimate of drug-likeness (QED) is 0.750. The van der Waals surface area contributed by atoms with Crippen molar-refractivity contribution in [3.8, 4) is 0 Å². The number of urea groups is 1. The minimum Gasteiger partial charge on any atom is -0.351 e. The number of amides is 3. The second kappa shape index (κ2) is 8.10. The number of rotatable bonds is 6. The molecular formula is C18H22N3O2+. The number of nitrogens with one attached hydrogen (secondary N) is 1. The molecule has 0 heterocycles. The fraction of sp³-hybridized carbons (Fsp3) is 0.222. The van der Waals surface area contributed by atoms with Crippen LogP contribution in [0.1, 0.15) is 30.0 Å². The molecule has 0 saturated carbocycles. The highest BCUT2D eigenvalue weighted by molar-refractivity contribution is 5.96. The molecule has 5 nitrogen and oxygen atoms in total. The molecule has 2 aromatic carbocycles. The van der Waals surface area contributed by atoms with Gasteiger partial charge in [0.2, 0.25) is 0 Å². The van der Waals surface area contributed by atoms with Crippen molar-refractivity contribution in [2.45, 2.75) is 18.9 Å². The summed E-state index contributed by atoms with van der Waals surface area (Å²) in [7, 11) is 0. The summed E-state index contributed by atoms with van der Waals surface area (Å²) in [4.78, 5) is 23.2. The largest absolute Gasteiger partial charge is 0.351 e. The third-order valence-corrected chi connectivity index (χ3v) is 3.78. The lowest BCUT2D eigenvalue weighted by molar-refractivity contribution is -0.684. The van der Waals surface area contributed by atoms with E-state index in [1.54, 1.807) is 0 Å². The van der Waals surface area contributed by atoms with Crippen molar-refractivity contribution in [3.05, 3.63) is 71.8 Å². The number of imide groups is 1. The molecule has 2 atom stereocenters. The molecule has 23 heavy (non-hydrogen) atoms. The molecule has 0 aliphatic carbocycles. The molecule has 5 heteroatoms. The van der Waals surface area contributed by atoms with Gasteiger partial charge in [0.25, 0.3) is 5.91 Å². The number of benzene rings is 2. The smallest absolute Gasteiger partial charge is 0.319 e. The van der Waals surface area contributed by atoms with Gasteiger partial charge in [-0.1, -0.05) is 67.6 Å².